The summed E-state index contributed by atoms with van der Waals surface area (Å²) in [5.41, 5.74) is 1.56. The second-order valence-corrected chi connectivity index (χ2v) is 10.5. The average Bonchev–Trinajstić information content (AvgIpc) is 2.71. The van der Waals surface area contributed by atoms with Crippen LogP contribution in [0.4, 0.5) is 0 Å². The molecule has 9 aliphatic carbocycles. The molecule has 0 nitrogen and oxygen atoms in total. The number of hydrogen-bond donors (Lipinski definition) is 1. The van der Waals surface area contributed by atoms with Gasteiger partial charge in [0, 0.05) is 5.25 Å². The third-order valence-corrected chi connectivity index (χ3v) is 10.8. The smallest absolute Gasteiger partial charge is 0.00508 e. The largest absolute Gasteiger partial charge is 0.176 e. The van der Waals surface area contributed by atoms with E-state index in [9.17, 15) is 0 Å². The van der Waals surface area contributed by atoms with Crippen LogP contribution in [0.25, 0.3) is 0 Å². The van der Waals surface area contributed by atoms with E-state index in [4.69, 9.17) is 12.6 Å². The summed E-state index contributed by atoms with van der Waals surface area (Å²) in [6, 6.07) is 0. The fourth-order valence-corrected chi connectivity index (χ4v) is 10.2. The first-order valence-corrected chi connectivity index (χ1v) is 9.78. The Labute approximate surface area is 128 Å². The summed E-state index contributed by atoms with van der Waals surface area (Å²) in [5.74, 6) is 8.70. The fourth-order valence-electron chi connectivity index (χ4n) is 9.66. The van der Waals surface area contributed by atoms with Crippen LogP contribution in [-0.4, -0.2) is 5.25 Å². The van der Waals surface area contributed by atoms with E-state index in [2.05, 4.69) is 13.8 Å². The molecule has 110 valence electrons. The minimum atomic E-state index is 0.709. The zero-order valence-corrected chi connectivity index (χ0v) is 13.8. The summed E-state index contributed by atoms with van der Waals surface area (Å²) in [4.78, 5) is 0. The third kappa shape index (κ3) is 0.877. The molecule has 11 unspecified atom stereocenters. The van der Waals surface area contributed by atoms with E-state index in [-0.39, 0.29) is 0 Å². The minimum Gasteiger partial charge on any atom is -0.176 e. The number of hydrogen-bond acceptors (Lipinski definition) is 1. The molecule has 0 aromatic rings. The molecule has 0 aliphatic heterocycles. The van der Waals surface area contributed by atoms with Crippen LogP contribution in [0.1, 0.15) is 52.4 Å². The molecular weight excluding hydrogens is 260 g/mol. The van der Waals surface area contributed by atoms with Gasteiger partial charge in [-0.05, 0) is 96.7 Å². The zero-order chi connectivity index (χ0) is 13.4. The molecule has 9 saturated carbocycles. The Morgan fingerprint density at radius 1 is 0.950 bits per heavy atom. The summed E-state index contributed by atoms with van der Waals surface area (Å²) in [5, 5.41) is 0.709. The van der Waals surface area contributed by atoms with E-state index in [1.54, 1.807) is 25.7 Å². The van der Waals surface area contributed by atoms with Crippen LogP contribution in [0.15, 0.2) is 0 Å². The predicted molar refractivity (Wildman–Crippen MR) is 84.6 cm³/mol. The number of rotatable bonds is 0. The zero-order valence-electron chi connectivity index (χ0n) is 12.9. The van der Waals surface area contributed by atoms with Crippen molar-refractivity contribution in [2.24, 2.45) is 58.2 Å². The monoisotopic (exact) mass is 288 g/mol. The van der Waals surface area contributed by atoms with Crippen LogP contribution in [0.3, 0.4) is 0 Å². The highest BCUT2D eigenvalue weighted by atomic mass is 32.1. The molecule has 0 saturated heterocycles. The maximum absolute atomic E-state index is 5.16. The lowest BCUT2D eigenvalue weighted by molar-refractivity contribution is -0.288. The van der Waals surface area contributed by atoms with Crippen molar-refractivity contribution in [3.05, 3.63) is 0 Å². The first-order valence-electron chi connectivity index (χ1n) is 9.27. The predicted octanol–water partition coefficient (Wildman–Crippen LogP) is 4.65. The van der Waals surface area contributed by atoms with Gasteiger partial charge < -0.3 is 0 Å². The minimum absolute atomic E-state index is 0.709. The molecule has 9 rings (SSSR count). The van der Waals surface area contributed by atoms with Crippen LogP contribution in [0, 0.1) is 58.2 Å². The van der Waals surface area contributed by atoms with Gasteiger partial charge in [-0.2, -0.15) is 12.6 Å². The molecule has 0 N–H and O–H groups in total. The first kappa shape index (κ1) is 11.9. The lowest BCUT2D eigenvalue weighted by atomic mass is 9.28. The normalized spacial score (nSPS) is 75.5. The molecule has 0 heterocycles. The van der Waals surface area contributed by atoms with Crippen molar-refractivity contribution in [3.63, 3.8) is 0 Å². The molecule has 9 bridgehead atoms. The van der Waals surface area contributed by atoms with E-state index in [0.717, 1.165) is 52.3 Å². The highest BCUT2D eigenvalue weighted by molar-refractivity contribution is 7.81. The van der Waals surface area contributed by atoms with E-state index in [1.807, 2.05) is 0 Å². The quantitative estimate of drug-likeness (QED) is 0.616. The fraction of sp³-hybridized carbons (Fsp3) is 1.00. The van der Waals surface area contributed by atoms with Crippen molar-refractivity contribution < 1.29 is 0 Å². The molecule has 1 spiro atoms. The van der Waals surface area contributed by atoms with Gasteiger partial charge in [0.15, 0.2) is 0 Å². The van der Waals surface area contributed by atoms with E-state index >= 15 is 0 Å². The van der Waals surface area contributed by atoms with Crippen LogP contribution < -0.4 is 0 Å². The summed E-state index contributed by atoms with van der Waals surface area (Å²) < 4.78 is 0. The highest BCUT2D eigenvalue weighted by Gasteiger charge is 2.88. The van der Waals surface area contributed by atoms with Crippen LogP contribution in [-0.2, 0) is 0 Å². The Kier molecular flexibility index (Phi) is 1.88. The average molecular weight is 288 g/mol. The van der Waals surface area contributed by atoms with Gasteiger partial charge in [-0.25, -0.2) is 0 Å². The van der Waals surface area contributed by atoms with Crippen molar-refractivity contribution in [2.45, 2.75) is 57.6 Å². The van der Waals surface area contributed by atoms with Crippen molar-refractivity contribution >= 4 is 12.6 Å². The van der Waals surface area contributed by atoms with Gasteiger partial charge in [-0.3, -0.25) is 0 Å². The Hall–Kier alpha value is 0.350. The Balaban J connectivity index is 1.59. The van der Waals surface area contributed by atoms with Gasteiger partial charge in [-0.1, -0.05) is 13.8 Å². The second-order valence-electron chi connectivity index (χ2n) is 9.79. The summed E-state index contributed by atoms with van der Waals surface area (Å²) >= 11 is 5.16. The lowest BCUT2D eigenvalue weighted by Gasteiger charge is -2.77. The molecular formula is C19H28S. The summed E-state index contributed by atoms with van der Waals surface area (Å²) in [6.45, 7) is 5.30. The Morgan fingerprint density at radius 3 is 2.65 bits per heavy atom. The van der Waals surface area contributed by atoms with Crippen molar-refractivity contribution in [2.75, 3.05) is 0 Å². The van der Waals surface area contributed by atoms with Gasteiger partial charge in [0.25, 0.3) is 0 Å². The highest BCUT2D eigenvalue weighted by Crippen LogP contribution is 2.93. The van der Waals surface area contributed by atoms with E-state index < -0.39 is 0 Å². The first-order chi connectivity index (χ1) is 9.59. The van der Waals surface area contributed by atoms with Crippen molar-refractivity contribution in [1.82, 2.24) is 0 Å². The topological polar surface area (TPSA) is 0 Å². The van der Waals surface area contributed by atoms with Gasteiger partial charge in [-0.15, -0.1) is 0 Å². The van der Waals surface area contributed by atoms with Gasteiger partial charge in [0.05, 0.1) is 0 Å². The van der Waals surface area contributed by atoms with E-state index in [0.29, 0.717) is 5.25 Å². The standard InChI is InChI=1S/C19H28S/c1-9-3-4-16(20)14-6-10-5-11(9)12-8-19-13(12)7-15(17(10)19)18(14,19)2/h9-17,20H,3-8H2,1-2H3. The van der Waals surface area contributed by atoms with Gasteiger partial charge in [0.2, 0.25) is 0 Å². The molecule has 20 heavy (non-hydrogen) atoms. The lowest BCUT2D eigenvalue weighted by Crippen LogP contribution is -2.72. The SMILES string of the molecule is CC1CCC(S)C2CC3CC1C1CC45C1CC(C34)C25C. The van der Waals surface area contributed by atoms with Crippen molar-refractivity contribution in [3.8, 4) is 0 Å². The van der Waals surface area contributed by atoms with Gasteiger partial charge >= 0.3 is 0 Å². The maximum Gasteiger partial charge on any atom is 0.00508 e. The summed E-state index contributed by atoms with van der Waals surface area (Å²) in [6.07, 6.45) is 9.29. The molecule has 0 amide bonds. The molecule has 9 aliphatic rings. The second kappa shape index (κ2) is 3.17. The van der Waals surface area contributed by atoms with Gasteiger partial charge in [0.1, 0.15) is 0 Å². The summed E-state index contributed by atoms with van der Waals surface area (Å²) in [7, 11) is 0. The van der Waals surface area contributed by atoms with Crippen molar-refractivity contribution in [1.29, 1.82) is 0 Å². The number of thiol groups is 1. The third-order valence-electron chi connectivity index (χ3n) is 10.1. The van der Waals surface area contributed by atoms with E-state index in [1.165, 1.54) is 18.8 Å². The van der Waals surface area contributed by atoms with Crippen LogP contribution >= 0.6 is 12.6 Å². The molecule has 9 fully saturated rings. The molecule has 0 radical (unpaired) electrons. The molecule has 0 aromatic carbocycles. The maximum atomic E-state index is 5.16. The molecule has 11 atom stereocenters. The Morgan fingerprint density at radius 2 is 1.80 bits per heavy atom. The van der Waals surface area contributed by atoms with Crippen LogP contribution in [0.5, 0.6) is 0 Å². The molecule has 0 aromatic heterocycles. The Bertz CT molecular complexity index is 498. The van der Waals surface area contributed by atoms with Crippen LogP contribution in [0.2, 0.25) is 0 Å². The molecule has 1 heteroatoms.